The standard InChI is InChI=1S/C9H16BNO3S/c1-8-3-5-9(6-4-8)15(2,14)11-7-10(12)13/h3-6,12-13,15H,7H2,1-2H3,(H,11,14). The third kappa shape index (κ3) is 3.75. The van der Waals surface area contributed by atoms with Gasteiger partial charge in [-0.3, -0.25) is 8.93 Å². The normalized spacial score (nSPS) is 12.5. The van der Waals surface area contributed by atoms with Crippen LogP contribution < -0.4 is 4.72 Å². The molecule has 0 spiro atoms. The van der Waals surface area contributed by atoms with Crippen molar-refractivity contribution in [1.82, 2.24) is 4.72 Å². The fourth-order valence-corrected chi connectivity index (χ4v) is 2.59. The van der Waals surface area contributed by atoms with E-state index in [1.165, 1.54) is 0 Å². The van der Waals surface area contributed by atoms with Crippen molar-refractivity contribution in [3.05, 3.63) is 29.8 Å². The van der Waals surface area contributed by atoms with E-state index < -0.39 is 17.2 Å². The minimum atomic E-state index is -2.69. The van der Waals surface area contributed by atoms with Crippen LogP contribution in [0.3, 0.4) is 0 Å². The molecular weight excluding hydrogens is 213 g/mol. The molecule has 0 saturated carbocycles. The Morgan fingerprint density at radius 2 is 1.87 bits per heavy atom. The Hall–Kier alpha value is -0.685. The van der Waals surface area contributed by atoms with Crippen LogP contribution in [0.2, 0.25) is 0 Å². The molecule has 1 rings (SSSR count). The van der Waals surface area contributed by atoms with E-state index >= 15 is 0 Å². The van der Waals surface area contributed by atoms with Gasteiger partial charge in [-0.25, -0.2) is 0 Å². The van der Waals surface area contributed by atoms with E-state index in [2.05, 4.69) is 4.72 Å². The molecule has 0 fully saturated rings. The smallest absolute Gasteiger partial charge is 0.426 e. The van der Waals surface area contributed by atoms with Crippen LogP contribution in [0.5, 0.6) is 0 Å². The van der Waals surface area contributed by atoms with Gasteiger partial charge < -0.3 is 10.0 Å². The summed E-state index contributed by atoms with van der Waals surface area (Å²) in [6.45, 7) is 1.95. The monoisotopic (exact) mass is 229 g/mol. The van der Waals surface area contributed by atoms with Crippen molar-refractivity contribution in [1.29, 1.82) is 0 Å². The summed E-state index contributed by atoms with van der Waals surface area (Å²) in [4.78, 5) is 0.689. The lowest BCUT2D eigenvalue weighted by molar-refractivity contribution is 0.405. The number of hydrogen-bond donors (Lipinski definition) is 4. The Labute approximate surface area is 91.0 Å². The van der Waals surface area contributed by atoms with E-state index in [0.717, 1.165) is 5.56 Å². The lowest BCUT2D eigenvalue weighted by atomic mass is 9.94. The lowest BCUT2D eigenvalue weighted by Gasteiger charge is -2.20. The highest BCUT2D eigenvalue weighted by atomic mass is 32.3. The van der Waals surface area contributed by atoms with Crippen molar-refractivity contribution in [2.75, 3.05) is 12.7 Å². The maximum Gasteiger partial charge on any atom is 0.467 e. The van der Waals surface area contributed by atoms with E-state index in [1.54, 1.807) is 18.4 Å². The minimum absolute atomic E-state index is 0.0956. The van der Waals surface area contributed by atoms with Gasteiger partial charge in [-0.2, -0.15) is 0 Å². The number of nitrogens with one attached hydrogen (secondary N) is 1. The fourth-order valence-electron chi connectivity index (χ4n) is 1.18. The van der Waals surface area contributed by atoms with Gasteiger partial charge in [0.05, 0.1) is 0 Å². The summed E-state index contributed by atoms with van der Waals surface area (Å²) in [5.41, 5.74) is 1.10. The van der Waals surface area contributed by atoms with Crippen LogP contribution in [0.25, 0.3) is 0 Å². The Morgan fingerprint density at radius 1 is 1.33 bits per heavy atom. The molecule has 0 amide bonds. The Bertz CT molecular complexity index is 366. The van der Waals surface area contributed by atoms with E-state index in [4.69, 9.17) is 10.0 Å². The van der Waals surface area contributed by atoms with Gasteiger partial charge in [0.2, 0.25) is 0 Å². The van der Waals surface area contributed by atoms with Crippen molar-refractivity contribution in [2.24, 2.45) is 0 Å². The number of benzene rings is 1. The molecular formula is C9H16BNO3S. The number of hydrogen-bond acceptors (Lipinski definition) is 3. The summed E-state index contributed by atoms with van der Waals surface area (Å²) in [5, 5.41) is 17.4. The number of thiol groups is 1. The molecule has 1 aromatic rings. The van der Waals surface area contributed by atoms with Crippen molar-refractivity contribution < 1.29 is 14.3 Å². The summed E-state index contributed by atoms with van der Waals surface area (Å²) >= 11 is 0. The zero-order valence-corrected chi connectivity index (χ0v) is 9.74. The number of aryl methyl sites for hydroxylation is 1. The van der Waals surface area contributed by atoms with Crippen LogP contribution in [-0.2, 0) is 10.1 Å². The van der Waals surface area contributed by atoms with E-state index in [1.807, 2.05) is 19.1 Å². The second kappa shape index (κ2) is 4.89. The summed E-state index contributed by atoms with van der Waals surface area (Å²) in [6, 6.07) is 7.32. The molecule has 0 aliphatic rings. The predicted octanol–water partition coefficient (Wildman–Crippen LogP) is -0.483. The van der Waals surface area contributed by atoms with E-state index in [-0.39, 0.29) is 6.44 Å². The van der Waals surface area contributed by atoms with Crippen LogP contribution in [-0.4, -0.2) is 34.1 Å². The molecule has 6 heteroatoms. The van der Waals surface area contributed by atoms with Gasteiger partial charge in [-0.15, -0.1) is 0 Å². The van der Waals surface area contributed by atoms with Crippen molar-refractivity contribution in [2.45, 2.75) is 11.8 Å². The zero-order chi connectivity index (χ0) is 11.5. The van der Waals surface area contributed by atoms with Crippen LogP contribution in [0, 0.1) is 6.92 Å². The van der Waals surface area contributed by atoms with Crippen molar-refractivity contribution in [3.8, 4) is 0 Å². The maximum atomic E-state index is 12.1. The first-order chi connectivity index (χ1) is 6.92. The first kappa shape index (κ1) is 12.4. The predicted molar refractivity (Wildman–Crippen MR) is 63.1 cm³/mol. The van der Waals surface area contributed by atoms with Crippen molar-refractivity contribution >= 4 is 17.2 Å². The third-order valence-corrected chi connectivity index (χ3v) is 4.17. The van der Waals surface area contributed by atoms with Gasteiger partial charge in [0.25, 0.3) is 0 Å². The first-order valence-corrected chi connectivity index (χ1v) is 6.83. The topological polar surface area (TPSA) is 69.6 Å². The van der Waals surface area contributed by atoms with E-state index in [9.17, 15) is 4.21 Å². The SMILES string of the molecule is Cc1ccc([SH](C)(=O)NCB(O)O)cc1. The fraction of sp³-hybridized carbons (Fsp3) is 0.333. The third-order valence-electron chi connectivity index (χ3n) is 2.10. The largest absolute Gasteiger partial charge is 0.467 e. The molecule has 0 aliphatic carbocycles. The molecule has 0 unspecified atom stereocenters. The summed E-state index contributed by atoms with van der Waals surface area (Å²) < 4.78 is 14.7. The van der Waals surface area contributed by atoms with Gasteiger partial charge in [0.1, 0.15) is 0 Å². The maximum absolute atomic E-state index is 12.1. The van der Waals surface area contributed by atoms with Crippen LogP contribution in [0.1, 0.15) is 5.56 Å². The van der Waals surface area contributed by atoms with Gasteiger partial charge in [0, 0.05) is 17.6 Å². The summed E-state index contributed by atoms with van der Waals surface area (Å²) in [7, 11) is -4.17. The van der Waals surface area contributed by atoms with Gasteiger partial charge >= 0.3 is 7.12 Å². The Balaban J connectivity index is 2.77. The lowest BCUT2D eigenvalue weighted by Crippen LogP contribution is -2.38. The highest BCUT2D eigenvalue weighted by Crippen LogP contribution is 2.13. The minimum Gasteiger partial charge on any atom is -0.426 e. The van der Waals surface area contributed by atoms with Crippen molar-refractivity contribution in [3.63, 3.8) is 0 Å². The molecule has 4 nitrogen and oxygen atoms in total. The Morgan fingerprint density at radius 3 is 2.33 bits per heavy atom. The average molecular weight is 229 g/mol. The molecule has 0 heterocycles. The van der Waals surface area contributed by atoms with Gasteiger partial charge in [-0.1, -0.05) is 17.7 Å². The van der Waals surface area contributed by atoms with Crippen LogP contribution in [0.15, 0.2) is 29.2 Å². The summed E-state index contributed by atoms with van der Waals surface area (Å²) in [5.74, 6) is 0. The second-order valence-corrected chi connectivity index (χ2v) is 6.28. The van der Waals surface area contributed by atoms with Crippen LogP contribution >= 0.6 is 0 Å². The molecule has 0 radical (unpaired) electrons. The summed E-state index contributed by atoms with van der Waals surface area (Å²) in [6.07, 6.45) is 1.47. The molecule has 15 heavy (non-hydrogen) atoms. The molecule has 0 saturated heterocycles. The first-order valence-electron chi connectivity index (χ1n) is 4.68. The molecule has 3 N–H and O–H groups in total. The van der Waals surface area contributed by atoms with Gasteiger partial charge in [-0.05, 0) is 29.2 Å². The second-order valence-electron chi connectivity index (χ2n) is 3.60. The number of rotatable bonds is 4. The van der Waals surface area contributed by atoms with Crippen LogP contribution in [0.4, 0.5) is 0 Å². The Kier molecular flexibility index (Phi) is 4.04. The zero-order valence-electron chi connectivity index (χ0n) is 8.84. The molecule has 1 aromatic carbocycles. The van der Waals surface area contributed by atoms with Gasteiger partial charge in [0.15, 0.2) is 0 Å². The molecule has 0 atom stereocenters. The average Bonchev–Trinajstić information content (AvgIpc) is 2.16. The molecule has 84 valence electrons. The molecule has 0 aliphatic heterocycles. The highest BCUT2D eigenvalue weighted by molar-refractivity contribution is 8.00. The molecule has 0 aromatic heterocycles. The highest BCUT2D eigenvalue weighted by Gasteiger charge is 2.14. The van der Waals surface area contributed by atoms with E-state index in [0.29, 0.717) is 4.90 Å². The quantitative estimate of drug-likeness (QED) is 0.416. The molecule has 0 bridgehead atoms.